The Bertz CT molecular complexity index is 1050. The number of aromatic nitrogens is 1. The van der Waals surface area contributed by atoms with Gasteiger partial charge in [0.2, 0.25) is 5.91 Å². The first-order valence-electron chi connectivity index (χ1n) is 8.82. The molecular formula is C22H20N4O. The summed E-state index contributed by atoms with van der Waals surface area (Å²) in [6.45, 7) is 6.72. The van der Waals surface area contributed by atoms with E-state index in [1.54, 1.807) is 24.3 Å². The Balaban J connectivity index is 1.89. The van der Waals surface area contributed by atoms with Gasteiger partial charge in [0.1, 0.15) is 6.07 Å². The van der Waals surface area contributed by atoms with Crippen molar-refractivity contribution in [1.82, 2.24) is 15.2 Å². The van der Waals surface area contributed by atoms with Crippen LogP contribution in [0.1, 0.15) is 35.6 Å². The lowest BCUT2D eigenvalue weighted by Gasteiger charge is -2.39. The maximum atomic E-state index is 12.3. The largest absolute Gasteiger partial charge is 0.333 e. The zero-order valence-corrected chi connectivity index (χ0v) is 15.4. The normalized spacial score (nSPS) is 21.3. The fraction of sp³-hybridized carbons (Fsp3) is 0.227. The van der Waals surface area contributed by atoms with Crippen molar-refractivity contribution in [3.8, 4) is 17.2 Å². The van der Waals surface area contributed by atoms with E-state index in [1.807, 2.05) is 18.2 Å². The number of rotatable bonds is 2. The van der Waals surface area contributed by atoms with Crippen LogP contribution < -0.4 is 5.32 Å². The molecule has 1 fully saturated rings. The Hall–Kier alpha value is -3.23. The highest BCUT2D eigenvalue weighted by Crippen LogP contribution is 2.41. The van der Waals surface area contributed by atoms with Crippen LogP contribution >= 0.6 is 0 Å². The Morgan fingerprint density at radius 1 is 1.30 bits per heavy atom. The van der Waals surface area contributed by atoms with Crippen LogP contribution in [-0.2, 0) is 10.3 Å². The molecule has 1 saturated heterocycles. The predicted octanol–water partition coefficient (Wildman–Crippen LogP) is 3.28. The highest BCUT2D eigenvalue weighted by Gasteiger charge is 2.36. The maximum Gasteiger partial charge on any atom is 0.225 e. The molecule has 1 aromatic carbocycles. The number of benzene rings is 1. The Kier molecular flexibility index (Phi) is 3.94. The number of hydrogen-bond acceptors (Lipinski definition) is 4. The quantitative estimate of drug-likeness (QED) is 0.896. The van der Waals surface area contributed by atoms with Crippen molar-refractivity contribution >= 4 is 17.6 Å². The van der Waals surface area contributed by atoms with Gasteiger partial charge >= 0.3 is 0 Å². The molecule has 5 heteroatoms. The molecule has 134 valence electrons. The lowest BCUT2D eigenvalue weighted by molar-refractivity contribution is -0.135. The molecule has 2 aliphatic rings. The first-order chi connectivity index (χ1) is 12.9. The Morgan fingerprint density at radius 3 is 2.85 bits per heavy atom. The fourth-order valence-electron chi connectivity index (χ4n) is 3.71. The van der Waals surface area contributed by atoms with E-state index in [2.05, 4.69) is 42.0 Å². The van der Waals surface area contributed by atoms with E-state index in [4.69, 9.17) is 0 Å². The van der Waals surface area contributed by atoms with Gasteiger partial charge in [-0.05, 0) is 52.9 Å². The number of pyridine rings is 1. The summed E-state index contributed by atoms with van der Waals surface area (Å²) in [6.07, 6.45) is 7.75. The molecule has 1 aliphatic heterocycles. The molecule has 0 radical (unpaired) electrons. The van der Waals surface area contributed by atoms with Gasteiger partial charge in [0.25, 0.3) is 0 Å². The van der Waals surface area contributed by atoms with Crippen LogP contribution in [-0.4, -0.2) is 29.5 Å². The third-order valence-electron chi connectivity index (χ3n) is 5.41. The highest BCUT2D eigenvalue weighted by molar-refractivity contribution is 5.96. The minimum atomic E-state index is -0.453. The Labute approximate surface area is 158 Å². The van der Waals surface area contributed by atoms with Crippen LogP contribution in [0.15, 0.2) is 43.2 Å². The van der Waals surface area contributed by atoms with Gasteiger partial charge in [-0.1, -0.05) is 18.7 Å². The van der Waals surface area contributed by atoms with E-state index in [0.29, 0.717) is 18.7 Å². The number of carbonyl (C=O) groups excluding carboxylic acids is 1. The third-order valence-corrected chi connectivity index (χ3v) is 5.41. The molecule has 1 N–H and O–H groups in total. The average Bonchev–Trinajstić information content (AvgIpc) is 3.05. The summed E-state index contributed by atoms with van der Waals surface area (Å²) in [5.41, 5.74) is 6.03. The SMILES string of the molecule is C=C1C=Cc2cc([C@]3(C)CC(=O)N(C)CN3)cc(-c3cncc(C#N)c3)c21. The second-order valence-electron chi connectivity index (χ2n) is 7.36. The molecule has 4 rings (SSSR count). The van der Waals surface area contributed by atoms with E-state index in [9.17, 15) is 10.1 Å². The van der Waals surface area contributed by atoms with Crippen molar-refractivity contribution < 1.29 is 4.79 Å². The van der Waals surface area contributed by atoms with E-state index in [-0.39, 0.29) is 5.91 Å². The molecule has 1 amide bonds. The summed E-state index contributed by atoms with van der Waals surface area (Å²) in [5.74, 6) is 0.117. The molecular weight excluding hydrogens is 336 g/mol. The van der Waals surface area contributed by atoms with Gasteiger partial charge in [-0.25, -0.2) is 0 Å². The van der Waals surface area contributed by atoms with Crippen LogP contribution in [0.25, 0.3) is 22.8 Å². The van der Waals surface area contributed by atoms with Crippen molar-refractivity contribution in [2.45, 2.75) is 18.9 Å². The smallest absolute Gasteiger partial charge is 0.225 e. The van der Waals surface area contributed by atoms with Crippen LogP contribution in [0.4, 0.5) is 0 Å². The number of carbonyl (C=O) groups is 1. The average molecular weight is 356 g/mol. The molecule has 27 heavy (non-hydrogen) atoms. The number of nitrogens with zero attached hydrogens (tertiary/aromatic N) is 3. The van der Waals surface area contributed by atoms with Crippen LogP contribution in [0.3, 0.4) is 0 Å². The first kappa shape index (κ1) is 17.2. The fourth-order valence-corrected chi connectivity index (χ4v) is 3.71. The van der Waals surface area contributed by atoms with Gasteiger partial charge in [-0.2, -0.15) is 5.26 Å². The monoisotopic (exact) mass is 356 g/mol. The third kappa shape index (κ3) is 2.84. The van der Waals surface area contributed by atoms with E-state index in [0.717, 1.165) is 33.4 Å². The molecule has 0 spiro atoms. The van der Waals surface area contributed by atoms with Gasteiger partial charge in [0.05, 0.1) is 17.8 Å². The topological polar surface area (TPSA) is 69.0 Å². The minimum Gasteiger partial charge on any atom is -0.333 e. The molecule has 0 saturated carbocycles. The van der Waals surface area contributed by atoms with Crippen molar-refractivity contribution in [2.75, 3.05) is 13.7 Å². The number of fused-ring (bicyclic) bond motifs is 1. The summed E-state index contributed by atoms with van der Waals surface area (Å²) < 4.78 is 0. The summed E-state index contributed by atoms with van der Waals surface area (Å²) in [6, 6.07) is 8.21. The zero-order valence-electron chi connectivity index (χ0n) is 15.4. The van der Waals surface area contributed by atoms with Crippen molar-refractivity contribution in [3.63, 3.8) is 0 Å². The molecule has 0 bridgehead atoms. The van der Waals surface area contributed by atoms with Crippen LogP contribution in [0.2, 0.25) is 0 Å². The maximum absolute atomic E-state index is 12.3. The number of amides is 1. The van der Waals surface area contributed by atoms with Crippen LogP contribution in [0.5, 0.6) is 0 Å². The molecule has 2 heterocycles. The summed E-state index contributed by atoms with van der Waals surface area (Å²) in [7, 11) is 1.80. The molecule has 5 nitrogen and oxygen atoms in total. The van der Waals surface area contributed by atoms with Crippen molar-refractivity contribution in [3.05, 3.63) is 65.5 Å². The van der Waals surface area contributed by atoms with Crippen LogP contribution in [0, 0.1) is 11.3 Å². The van der Waals surface area contributed by atoms with E-state index < -0.39 is 5.54 Å². The summed E-state index contributed by atoms with van der Waals surface area (Å²) in [5, 5.41) is 12.7. The summed E-state index contributed by atoms with van der Waals surface area (Å²) in [4.78, 5) is 18.2. The van der Waals surface area contributed by atoms with Gasteiger partial charge in [0.15, 0.2) is 0 Å². The molecule has 1 aromatic heterocycles. The zero-order chi connectivity index (χ0) is 19.2. The van der Waals surface area contributed by atoms with Gasteiger partial charge < -0.3 is 4.90 Å². The number of allylic oxidation sites excluding steroid dienone is 2. The van der Waals surface area contributed by atoms with Crippen molar-refractivity contribution in [2.24, 2.45) is 0 Å². The molecule has 1 aliphatic carbocycles. The predicted molar refractivity (Wildman–Crippen MR) is 105 cm³/mol. The molecule has 2 aromatic rings. The second kappa shape index (κ2) is 6.19. The molecule has 0 unspecified atom stereocenters. The number of hydrogen-bond donors (Lipinski definition) is 1. The standard InChI is InChI=1S/C22H20N4O/c1-14-4-5-16-7-18(22(2)9-20(27)26(3)13-25-22)8-19(21(14)16)17-6-15(10-23)11-24-12-17/h4-8,11-12,25H,1,9,13H2,2-3H3/t22-/m0/s1. The highest BCUT2D eigenvalue weighted by atomic mass is 16.2. The summed E-state index contributed by atoms with van der Waals surface area (Å²) >= 11 is 0. The first-order valence-corrected chi connectivity index (χ1v) is 8.82. The molecule has 1 atom stereocenters. The van der Waals surface area contributed by atoms with Gasteiger partial charge in [0, 0.05) is 31.4 Å². The lowest BCUT2D eigenvalue weighted by Crippen LogP contribution is -2.54. The van der Waals surface area contributed by atoms with E-state index >= 15 is 0 Å². The minimum absolute atomic E-state index is 0.117. The lowest BCUT2D eigenvalue weighted by atomic mass is 9.82. The Morgan fingerprint density at radius 2 is 2.11 bits per heavy atom. The van der Waals surface area contributed by atoms with Crippen molar-refractivity contribution in [1.29, 1.82) is 5.26 Å². The number of nitriles is 1. The van der Waals surface area contributed by atoms with Gasteiger partial charge in [-0.15, -0.1) is 0 Å². The van der Waals surface area contributed by atoms with Gasteiger partial charge in [-0.3, -0.25) is 15.1 Å². The number of nitrogens with one attached hydrogen (secondary N) is 1. The van der Waals surface area contributed by atoms with E-state index in [1.165, 1.54) is 0 Å². The second-order valence-corrected chi connectivity index (χ2v) is 7.36.